The van der Waals surface area contributed by atoms with Gasteiger partial charge in [-0.2, -0.15) is 0 Å². The van der Waals surface area contributed by atoms with Gasteiger partial charge in [0, 0.05) is 19.8 Å². The Bertz CT molecular complexity index is 418. The Labute approximate surface area is 113 Å². The number of ether oxygens (including phenoxy) is 2. The Morgan fingerprint density at radius 2 is 1.95 bits per heavy atom. The van der Waals surface area contributed by atoms with E-state index in [1.165, 1.54) is 0 Å². The third-order valence-corrected chi connectivity index (χ3v) is 6.15. The van der Waals surface area contributed by atoms with Crippen molar-refractivity contribution in [1.82, 2.24) is 0 Å². The van der Waals surface area contributed by atoms with Crippen molar-refractivity contribution in [3.05, 3.63) is 0 Å². The van der Waals surface area contributed by atoms with Crippen LogP contribution < -0.4 is 0 Å². The number of hydrogen-bond acceptors (Lipinski definition) is 5. The molecule has 2 aliphatic heterocycles. The predicted molar refractivity (Wildman–Crippen MR) is 67.8 cm³/mol. The summed E-state index contributed by atoms with van der Waals surface area (Å²) >= 11 is 0. The van der Waals surface area contributed by atoms with E-state index in [0.717, 1.165) is 12.8 Å². The van der Waals surface area contributed by atoms with E-state index in [9.17, 15) is 13.2 Å². The lowest BCUT2D eigenvalue weighted by molar-refractivity contribution is -0.136. The van der Waals surface area contributed by atoms with Crippen molar-refractivity contribution >= 4 is 15.8 Å². The Morgan fingerprint density at radius 3 is 2.58 bits per heavy atom. The molecule has 2 aliphatic rings. The third-order valence-electron chi connectivity index (χ3n) is 3.96. The Kier molecular flexibility index (Phi) is 4.47. The highest BCUT2D eigenvalue weighted by Crippen LogP contribution is 2.36. The zero-order chi connectivity index (χ0) is 13.9. The molecular weight excluding hydrogens is 272 g/mol. The molecule has 19 heavy (non-hydrogen) atoms. The van der Waals surface area contributed by atoms with Crippen LogP contribution in [0.25, 0.3) is 0 Å². The summed E-state index contributed by atoms with van der Waals surface area (Å²) in [6.07, 6.45) is 2.05. The monoisotopic (exact) mass is 292 g/mol. The molecule has 1 atom stereocenters. The number of sulfone groups is 1. The molecule has 2 saturated heterocycles. The summed E-state index contributed by atoms with van der Waals surface area (Å²) in [5.74, 6) is -1.35. The first-order valence-corrected chi connectivity index (χ1v) is 8.30. The van der Waals surface area contributed by atoms with Gasteiger partial charge in [0.15, 0.2) is 9.84 Å². The van der Waals surface area contributed by atoms with Crippen LogP contribution in [0.1, 0.15) is 32.1 Å². The van der Waals surface area contributed by atoms with Crippen LogP contribution in [0.15, 0.2) is 0 Å². The van der Waals surface area contributed by atoms with Crippen LogP contribution in [0, 0.1) is 0 Å². The average Bonchev–Trinajstić information content (AvgIpc) is 2.37. The fourth-order valence-corrected chi connectivity index (χ4v) is 4.58. The molecule has 7 heteroatoms. The van der Waals surface area contributed by atoms with Crippen LogP contribution >= 0.6 is 0 Å². The van der Waals surface area contributed by atoms with E-state index < -0.39 is 21.1 Å². The molecule has 0 aromatic heterocycles. The highest BCUT2D eigenvalue weighted by Gasteiger charge is 2.43. The number of rotatable bonds is 4. The van der Waals surface area contributed by atoms with Gasteiger partial charge in [-0.05, 0) is 25.7 Å². The van der Waals surface area contributed by atoms with Crippen molar-refractivity contribution in [3.63, 3.8) is 0 Å². The van der Waals surface area contributed by atoms with Crippen molar-refractivity contribution in [2.45, 2.75) is 43.0 Å². The minimum Gasteiger partial charge on any atom is -0.481 e. The Morgan fingerprint density at radius 1 is 1.26 bits per heavy atom. The minimum atomic E-state index is -3.36. The van der Waals surface area contributed by atoms with Gasteiger partial charge in [0.25, 0.3) is 0 Å². The third kappa shape index (κ3) is 3.67. The molecular formula is C12H20O6S. The fourth-order valence-electron chi connectivity index (χ4n) is 2.78. The Balaban J connectivity index is 2.01. The number of aliphatic carboxylic acids is 1. The van der Waals surface area contributed by atoms with Crippen molar-refractivity contribution in [2.75, 3.05) is 25.6 Å². The van der Waals surface area contributed by atoms with Crippen molar-refractivity contribution in [1.29, 1.82) is 0 Å². The van der Waals surface area contributed by atoms with Gasteiger partial charge in [0.1, 0.15) is 0 Å². The molecule has 1 N–H and O–H groups in total. The number of carbonyl (C=O) groups is 1. The van der Waals surface area contributed by atoms with Gasteiger partial charge in [0.05, 0.1) is 23.0 Å². The molecule has 2 heterocycles. The summed E-state index contributed by atoms with van der Waals surface area (Å²) in [6, 6.07) is 0. The molecule has 0 aliphatic carbocycles. The maximum atomic E-state index is 12.2. The molecule has 0 bridgehead atoms. The first-order valence-electron chi connectivity index (χ1n) is 6.59. The molecule has 6 nitrogen and oxygen atoms in total. The lowest BCUT2D eigenvalue weighted by Gasteiger charge is -2.43. The molecule has 110 valence electrons. The summed E-state index contributed by atoms with van der Waals surface area (Å²) in [6.45, 7) is 1.63. The maximum absolute atomic E-state index is 12.2. The summed E-state index contributed by atoms with van der Waals surface area (Å²) < 4.78 is 35.4. The lowest BCUT2D eigenvalue weighted by Crippen LogP contribution is -2.48. The quantitative estimate of drug-likeness (QED) is 0.816. The molecule has 2 fully saturated rings. The summed E-state index contributed by atoms with van der Waals surface area (Å²) in [5.41, 5.74) is -0.378. The molecule has 0 aromatic rings. The smallest absolute Gasteiger partial charge is 0.304 e. The largest absolute Gasteiger partial charge is 0.481 e. The van der Waals surface area contributed by atoms with E-state index in [2.05, 4.69) is 0 Å². The van der Waals surface area contributed by atoms with Crippen LogP contribution in [-0.4, -0.2) is 55.9 Å². The van der Waals surface area contributed by atoms with Gasteiger partial charge >= 0.3 is 5.97 Å². The van der Waals surface area contributed by atoms with Crippen LogP contribution in [0.5, 0.6) is 0 Å². The first kappa shape index (κ1) is 14.7. The number of carboxylic acid groups (broad SMARTS) is 1. The van der Waals surface area contributed by atoms with E-state index in [-0.39, 0.29) is 17.8 Å². The van der Waals surface area contributed by atoms with Crippen LogP contribution in [0.4, 0.5) is 0 Å². The van der Waals surface area contributed by atoms with Gasteiger partial charge in [-0.1, -0.05) is 0 Å². The van der Waals surface area contributed by atoms with Gasteiger partial charge in [0.2, 0.25) is 0 Å². The number of carboxylic acids is 1. The van der Waals surface area contributed by atoms with Crippen molar-refractivity contribution in [2.24, 2.45) is 0 Å². The second kappa shape index (κ2) is 5.76. The normalized spacial score (nSPS) is 27.3. The highest BCUT2D eigenvalue weighted by molar-refractivity contribution is 7.92. The molecule has 1 spiro atoms. The van der Waals surface area contributed by atoms with E-state index in [0.29, 0.717) is 32.7 Å². The molecule has 0 saturated carbocycles. The van der Waals surface area contributed by atoms with E-state index >= 15 is 0 Å². The second-order valence-corrected chi connectivity index (χ2v) is 7.67. The average molecular weight is 292 g/mol. The van der Waals surface area contributed by atoms with Crippen LogP contribution in [0.2, 0.25) is 0 Å². The van der Waals surface area contributed by atoms with E-state index in [4.69, 9.17) is 14.6 Å². The Hall–Kier alpha value is -0.660. The molecule has 0 amide bonds. The first-order chi connectivity index (χ1) is 8.94. The topological polar surface area (TPSA) is 89.9 Å². The second-order valence-electron chi connectivity index (χ2n) is 5.27. The van der Waals surface area contributed by atoms with Gasteiger partial charge < -0.3 is 14.6 Å². The van der Waals surface area contributed by atoms with E-state index in [1.54, 1.807) is 0 Å². The highest BCUT2D eigenvalue weighted by atomic mass is 32.2. The molecule has 2 rings (SSSR count). The summed E-state index contributed by atoms with van der Waals surface area (Å²) in [7, 11) is -3.36. The van der Waals surface area contributed by atoms with Crippen molar-refractivity contribution < 1.29 is 27.8 Å². The SMILES string of the molecule is O=C(O)CCS(=O)(=O)C1CCOC2(CCOCC2)C1. The van der Waals surface area contributed by atoms with Gasteiger partial charge in [-0.15, -0.1) is 0 Å². The van der Waals surface area contributed by atoms with Crippen molar-refractivity contribution in [3.8, 4) is 0 Å². The predicted octanol–water partition coefficient (Wildman–Crippen LogP) is 0.604. The van der Waals surface area contributed by atoms with E-state index in [1.807, 2.05) is 0 Å². The standard InChI is InChI=1S/C12H20O6S/c13-11(14)2-8-19(15,16)10-1-5-18-12(9-10)3-6-17-7-4-12/h10H,1-9H2,(H,13,14). The zero-order valence-corrected chi connectivity index (χ0v) is 11.7. The lowest BCUT2D eigenvalue weighted by atomic mass is 9.86. The van der Waals surface area contributed by atoms with Crippen LogP contribution in [-0.2, 0) is 24.1 Å². The van der Waals surface area contributed by atoms with Crippen LogP contribution in [0.3, 0.4) is 0 Å². The van der Waals surface area contributed by atoms with Gasteiger partial charge in [-0.3, -0.25) is 4.79 Å². The molecule has 0 radical (unpaired) electrons. The van der Waals surface area contributed by atoms with Gasteiger partial charge in [-0.25, -0.2) is 8.42 Å². The zero-order valence-electron chi connectivity index (χ0n) is 10.8. The minimum absolute atomic E-state index is 0.278. The molecule has 0 aromatic carbocycles. The molecule has 1 unspecified atom stereocenters. The maximum Gasteiger partial charge on any atom is 0.304 e. The number of hydrogen-bond donors (Lipinski definition) is 1. The fraction of sp³-hybridized carbons (Fsp3) is 0.917. The summed E-state index contributed by atoms with van der Waals surface area (Å²) in [4.78, 5) is 10.5. The summed E-state index contributed by atoms with van der Waals surface area (Å²) in [5, 5.41) is 8.14.